The van der Waals surface area contributed by atoms with Crippen LogP contribution in [0.25, 0.3) is 28.3 Å². The number of hydrogen-bond acceptors (Lipinski definition) is 4. The Morgan fingerprint density at radius 2 is 1.88 bits per heavy atom. The van der Waals surface area contributed by atoms with Gasteiger partial charge < -0.3 is 9.30 Å². The van der Waals surface area contributed by atoms with Gasteiger partial charge in [-0.05, 0) is 71.9 Å². The summed E-state index contributed by atoms with van der Waals surface area (Å²) in [4.78, 5) is 0. The molecule has 0 amide bonds. The van der Waals surface area contributed by atoms with Crippen molar-refractivity contribution in [3.63, 3.8) is 0 Å². The predicted octanol–water partition coefficient (Wildman–Crippen LogP) is 6.25. The van der Waals surface area contributed by atoms with Crippen molar-refractivity contribution in [3.05, 3.63) is 100 Å². The Morgan fingerprint density at radius 1 is 1.00 bits per heavy atom. The number of hydrogen-bond donors (Lipinski definition) is 1. The van der Waals surface area contributed by atoms with E-state index in [9.17, 15) is 8.78 Å². The quantitative estimate of drug-likeness (QED) is 0.286. The molecule has 0 bridgehead atoms. The smallest absolute Gasteiger partial charge is 0.179 e. The van der Waals surface area contributed by atoms with Gasteiger partial charge in [0.15, 0.2) is 5.82 Å². The molecule has 34 heavy (non-hydrogen) atoms. The van der Waals surface area contributed by atoms with E-state index in [1.165, 1.54) is 12.1 Å². The Kier molecular flexibility index (Phi) is 5.93. The lowest BCUT2D eigenvalue weighted by molar-refractivity contribution is 0.300. The third-order valence-electron chi connectivity index (χ3n) is 5.41. The molecular formula is C25H18BrF2N5O. The van der Waals surface area contributed by atoms with Crippen LogP contribution in [-0.2, 0) is 6.61 Å². The second-order valence-corrected chi connectivity index (χ2v) is 8.58. The Hall–Kier alpha value is -3.85. The van der Waals surface area contributed by atoms with Crippen LogP contribution in [0.5, 0.6) is 5.75 Å². The van der Waals surface area contributed by atoms with Gasteiger partial charge in [0.05, 0.1) is 5.69 Å². The number of aromatic nitrogens is 5. The summed E-state index contributed by atoms with van der Waals surface area (Å²) in [5.41, 5.74) is 4.76. The molecule has 2 aromatic heterocycles. The van der Waals surface area contributed by atoms with Crippen LogP contribution in [0, 0.1) is 18.6 Å². The van der Waals surface area contributed by atoms with Crippen LogP contribution in [0.4, 0.5) is 8.78 Å². The van der Waals surface area contributed by atoms with Crippen LogP contribution < -0.4 is 4.74 Å². The van der Waals surface area contributed by atoms with Gasteiger partial charge in [-0.25, -0.2) is 13.9 Å². The SMILES string of the molecule is Cc1ccc(-c2cc(Br)ccc2OCc2ccc(F)cc2F)n1-c1cccc(-c2nnn[nH]2)c1. The van der Waals surface area contributed by atoms with Crippen LogP contribution in [-0.4, -0.2) is 25.2 Å². The molecule has 3 aromatic carbocycles. The van der Waals surface area contributed by atoms with Crippen molar-refractivity contribution in [1.29, 1.82) is 0 Å². The molecule has 5 rings (SSSR count). The first-order valence-corrected chi connectivity index (χ1v) is 11.2. The molecule has 170 valence electrons. The molecule has 0 unspecified atom stereocenters. The number of rotatable bonds is 6. The van der Waals surface area contributed by atoms with E-state index in [1.54, 1.807) is 0 Å². The predicted molar refractivity (Wildman–Crippen MR) is 128 cm³/mol. The Labute approximate surface area is 202 Å². The highest BCUT2D eigenvalue weighted by Gasteiger charge is 2.16. The third kappa shape index (κ3) is 4.34. The van der Waals surface area contributed by atoms with E-state index in [0.717, 1.165) is 38.7 Å². The summed E-state index contributed by atoms with van der Waals surface area (Å²) in [5.74, 6) is -0.123. The van der Waals surface area contributed by atoms with Crippen molar-refractivity contribution in [2.45, 2.75) is 13.5 Å². The zero-order valence-corrected chi connectivity index (χ0v) is 19.6. The lowest BCUT2D eigenvalue weighted by Gasteiger charge is -2.17. The van der Waals surface area contributed by atoms with Gasteiger partial charge in [-0.2, -0.15) is 0 Å². The summed E-state index contributed by atoms with van der Waals surface area (Å²) in [6, 6.07) is 21.0. The molecule has 0 aliphatic rings. The summed E-state index contributed by atoms with van der Waals surface area (Å²) in [6.45, 7) is 1.98. The molecule has 5 aromatic rings. The van der Waals surface area contributed by atoms with Crippen LogP contribution >= 0.6 is 15.9 Å². The zero-order valence-electron chi connectivity index (χ0n) is 18.0. The first kappa shape index (κ1) is 22.0. The van der Waals surface area contributed by atoms with Crippen molar-refractivity contribution in [2.75, 3.05) is 0 Å². The fraction of sp³-hybridized carbons (Fsp3) is 0.0800. The summed E-state index contributed by atoms with van der Waals surface area (Å²) in [7, 11) is 0. The molecule has 0 saturated carbocycles. The van der Waals surface area contributed by atoms with Crippen molar-refractivity contribution in [1.82, 2.24) is 25.2 Å². The molecule has 0 saturated heterocycles. The van der Waals surface area contributed by atoms with Crippen LogP contribution in [0.15, 0.2) is 77.3 Å². The first-order valence-electron chi connectivity index (χ1n) is 10.4. The molecule has 0 radical (unpaired) electrons. The van der Waals surface area contributed by atoms with E-state index in [0.29, 0.717) is 11.6 Å². The molecule has 1 N–H and O–H groups in total. The lowest BCUT2D eigenvalue weighted by Crippen LogP contribution is -2.03. The van der Waals surface area contributed by atoms with Gasteiger partial charge >= 0.3 is 0 Å². The summed E-state index contributed by atoms with van der Waals surface area (Å²) < 4.78 is 36.4. The van der Waals surface area contributed by atoms with Gasteiger partial charge in [0.2, 0.25) is 0 Å². The third-order valence-corrected chi connectivity index (χ3v) is 5.91. The number of ether oxygens (including phenoxy) is 1. The van der Waals surface area contributed by atoms with E-state index in [1.807, 2.05) is 61.5 Å². The number of nitrogens with zero attached hydrogens (tertiary/aromatic N) is 4. The second kappa shape index (κ2) is 9.18. The molecule has 0 aliphatic heterocycles. The average molecular weight is 522 g/mol. The van der Waals surface area contributed by atoms with E-state index >= 15 is 0 Å². The van der Waals surface area contributed by atoms with Crippen molar-refractivity contribution >= 4 is 15.9 Å². The molecule has 0 spiro atoms. The average Bonchev–Trinajstić information content (AvgIpc) is 3.49. The monoisotopic (exact) mass is 521 g/mol. The number of benzene rings is 3. The number of tetrazole rings is 1. The van der Waals surface area contributed by atoms with Gasteiger partial charge in [0.1, 0.15) is 24.0 Å². The minimum atomic E-state index is -0.642. The maximum absolute atomic E-state index is 14.1. The Balaban J connectivity index is 1.54. The number of aryl methyl sites for hydroxylation is 1. The van der Waals surface area contributed by atoms with Crippen molar-refractivity contribution in [2.24, 2.45) is 0 Å². The highest BCUT2D eigenvalue weighted by atomic mass is 79.9. The molecule has 0 aliphatic carbocycles. The van der Waals surface area contributed by atoms with Gasteiger partial charge in [-0.1, -0.05) is 28.1 Å². The van der Waals surface area contributed by atoms with E-state index in [2.05, 4.69) is 41.1 Å². The largest absolute Gasteiger partial charge is 0.488 e. The number of nitrogens with one attached hydrogen (secondary N) is 1. The minimum Gasteiger partial charge on any atom is -0.488 e. The molecule has 2 heterocycles. The van der Waals surface area contributed by atoms with Crippen LogP contribution in [0.3, 0.4) is 0 Å². The molecule has 9 heteroatoms. The first-order chi connectivity index (χ1) is 16.5. The summed E-state index contributed by atoms with van der Waals surface area (Å²) in [5, 5.41) is 14.1. The summed E-state index contributed by atoms with van der Waals surface area (Å²) in [6.07, 6.45) is 0. The van der Waals surface area contributed by atoms with Gasteiger partial charge in [-0.15, -0.1) is 5.10 Å². The van der Waals surface area contributed by atoms with Crippen molar-refractivity contribution in [3.8, 4) is 34.1 Å². The summed E-state index contributed by atoms with van der Waals surface area (Å²) >= 11 is 3.54. The molecule has 0 atom stereocenters. The standard InChI is InChI=1S/C25H18BrF2N5O/c1-15-5-9-23(33(15)20-4-2-3-16(11-20)25-29-31-32-30-25)21-12-18(26)7-10-24(21)34-14-17-6-8-19(27)13-22(17)28/h2-13H,14H2,1H3,(H,29,30,31,32). The Morgan fingerprint density at radius 3 is 2.68 bits per heavy atom. The topological polar surface area (TPSA) is 68.6 Å². The molecule has 6 nitrogen and oxygen atoms in total. The number of aromatic amines is 1. The zero-order chi connectivity index (χ0) is 23.7. The second-order valence-electron chi connectivity index (χ2n) is 7.66. The fourth-order valence-corrected chi connectivity index (χ4v) is 4.15. The molecular weight excluding hydrogens is 504 g/mol. The highest BCUT2D eigenvalue weighted by molar-refractivity contribution is 9.10. The maximum Gasteiger partial charge on any atom is 0.179 e. The van der Waals surface area contributed by atoms with Crippen molar-refractivity contribution < 1.29 is 13.5 Å². The van der Waals surface area contributed by atoms with Gasteiger partial charge in [0, 0.05) is 38.6 Å². The van der Waals surface area contributed by atoms with Gasteiger partial charge in [-0.3, -0.25) is 0 Å². The fourth-order valence-electron chi connectivity index (χ4n) is 3.79. The lowest BCUT2D eigenvalue weighted by atomic mass is 10.1. The van der Waals surface area contributed by atoms with Gasteiger partial charge in [0.25, 0.3) is 0 Å². The highest BCUT2D eigenvalue weighted by Crippen LogP contribution is 2.36. The number of H-pyrrole nitrogens is 1. The Bertz CT molecular complexity index is 1470. The van der Waals surface area contributed by atoms with E-state index in [-0.39, 0.29) is 12.2 Å². The normalized spacial score (nSPS) is 11.1. The van der Waals surface area contributed by atoms with Crippen LogP contribution in [0.1, 0.15) is 11.3 Å². The number of halogens is 3. The maximum atomic E-state index is 14.1. The molecule has 0 fully saturated rings. The minimum absolute atomic E-state index is 0.0333. The van der Waals surface area contributed by atoms with E-state index < -0.39 is 11.6 Å². The van der Waals surface area contributed by atoms with Crippen LogP contribution in [0.2, 0.25) is 0 Å². The van der Waals surface area contributed by atoms with E-state index in [4.69, 9.17) is 4.74 Å².